The molecule has 0 spiro atoms. The molecule has 1 unspecified atom stereocenters. The zero-order valence-corrected chi connectivity index (χ0v) is 17.6. The summed E-state index contributed by atoms with van der Waals surface area (Å²) in [6.07, 6.45) is 7.95. The van der Waals surface area contributed by atoms with Crippen LogP contribution in [-0.4, -0.2) is 12.6 Å². The lowest BCUT2D eigenvalue weighted by molar-refractivity contribution is 0.0626. The number of para-hydroxylation sites is 1. The van der Waals surface area contributed by atoms with E-state index in [1.807, 2.05) is 48.5 Å². The fraction of sp³-hybridized carbons (Fsp3) is 0.480. The fourth-order valence-corrected chi connectivity index (χ4v) is 3.11. The van der Waals surface area contributed by atoms with Crippen molar-refractivity contribution < 1.29 is 14.3 Å². The zero-order chi connectivity index (χ0) is 20.2. The fourth-order valence-electron chi connectivity index (χ4n) is 3.11. The minimum absolute atomic E-state index is 0.0291. The van der Waals surface area contributed by atoms with Crippen LogP contribution in [0.15, 0.2) is 48.5 Å². The van der Waals surface area contributed by atoms with E-state index in [0.717, 1.165) is 43.4 Å². The van der Waals surface area contributed by atoms with Gasteiger partial charge in [0.2, 0.25) is 0 Å². The van der Waals surface area contributed by atoms with Crippen LogP contribution in [0.4, 0.5) is 0 Å². The highest BCUT2D eigenvalue weighted by Gasteiger charge is 2.13. The molecular formula is C25H34O3. The highest BCUT2D eigenvalue weighted by molar-refractivity contribution is 5.91. The molecule has 0 saturated heterocycles. The van der Waals surface area contributed by atoms with E-state index < -0.39 is 0 Å². The number of aryl methyl sites for hydroxylation is 1. The van der Waals surface area contributed by atoms with E-state index in [2.05, 4.69) is 20.8 Å². The van der Waals surface area contributed by atoms with Crippen LogP contribution in [0.25, 0.3) is 0 Å². The molecule has 0 amide bonds. The Bertz CT molecular complexity index is 706. The molecule has 0 bridgehead atoms. The first kappa shape index (κ1) is 22.2. The van der Waals surface area contributed by atoms with Crippen molar-refractivity contribution in [3.63, 3.8) is 0 Å². The number of rotatable bonds is 12. The smallest absolute Gasteiger partial charge is 0.343 e. The topological polar surface area (TPSA) is 35.5 Å². The van der Waals surface area contributed by atoms with Gasteiger partial charge in [0.15, 0.2) is 0 Å². The molecule has 3 heteroatoms. The second kappa shape index (κ2) is 12.4. The van der Waals surface area contributed by atoms with Crippen molar-refractivity contribution in [2.75, 3.05) is 6.61 Å². The van der Waals surface area contributed by atoms with Crippen molar-refractivity contribution in [3.8, 4) is 5.75 Å². The number of esters is 1. The van der Waals surface area contributed by atoms with E-state index in [1.165, 1.54) is 19.3 Å². The number of hydrogen-bond donors (Lipinski definition) is 0. The Morgan fingerprint density at radius 1 is 0.893 bits per heavy atom. The second-order valence-electron chi connectivity index (χ2n) is 7.30. The van der Waals surface area contributed by atoms with Gasteiger partial charge in [0, 0.05) is 6.61 Å². The average Bonchev–Trinajstić information content (AvgIpc) is 2.73. The molecule has 0 aliphatic carbocycles. The first-order valence-electron chi connectivity index (χ1n) is 10.7. The van der Waals surface area contributed by atoms with E-state index in [4.69, 9.17) is 9.47 Å². The predicted molar refractivity (Wildman–Crippen MR) is 115 cm³/mol. The lowest BCUT2D eigenvalue weighted by Crippen LogP contribution is -2.10. The van der Waals surface area contributed by atoms with E-state index in [9.17, 15) is 4.79 Å². The summed E-state index contributed by atoms with van der Waals surface area (Å²) in [6, 6.07) is 15.3. The largest absolute Gasteiger partial charge is 0.423 e. The molecule has 0 N–H and O–H groups in total. The highest BCUT2D eigenvalue weighted by atomic mass is 16.5. The molecule has 1 atom stereocenters. The summed E-state index contributed by atoms with van der Waals surface area (Å²) in [6.45, 7) is 7.20. The third-order valence-corrected chi connectivity index (χ3v) is 4.96. The number of ether oxygens (including phenoxy) is 2. The zero-order valence-electron chi connectivity index (χ0n) is 17.6. The van der Waals surface area contributed by atoms with Crippen molar-refractivity contribution in [1.29, 1.82) is 0 Å². The van der Waals surface area contributed by atoms with Crippen LogP contribution in [0.1, 0.15) is 86.9 Å². The van der Waals surface area contributed by atoms with Gasteiger partial charge in [-0.3, -0.25) is 0 Å². The second-order valence-corrected chi connectivity index (χ2v) is 7.30. The van der Waals surface area contributed by atoms with Gasteiger partial charge in [-0.25, -0.2) is 4.79 Å². The summed E-state index contributed by atoms with van der Waals surface area (Å²) in [5.74, 6) is 0.345. The normalized spacial score (nSPS) is 12.0. The SMILES string of the molecule is CCCCCCOC(C)c1ccc(C(=O)Oc2ccccc2CCCC)cc1. The highest BCUT2D eigenvalue weighted by Crippen LogP contribution is 2.22. The predicted octanol–water partition coefficient (Wildman–Crippen LogP) is 6.91. The maximum atomic E-state index is 12.5. The van der Waals surface area contributed by atoms with Gasteiger partial charge in [0.1, 0.15) is 5.75 Å². The molecular weight excluding hydrogens is 348 g/mol. The quantitative estimate of drug-likeness (QED) is 0.227. The van der Waals surface area contributed by atoms with E-state index in [1.54, 1.807) is 0 Å². The van der Waals surface area contributed by atoms with Crippen LogP contribution >= 0.6 is 0 Å². The Hall–Kier alpha value is -2.13. The molecule has 0 aliphatic rings. The summed E-state index contributed by atoms with van der Waals surface area (Å²) in [4.78, 5) is 12.5. The van der Waals surface area contributed by atoms with Crippen LogP contribution in [0.3, 0.4) is 0 Å². The maximum absolute atomic E-state index is 12.5. The Kier molecular flexibility index (Phi) is 9.78. The Labute approximate surface area is 170 Å². The van der Waals surface area contributed by atoms with Crippen molar-refractivity contribution in [2.24, 2.45) is 0 Å². The summed E-state index contributed by atoms with van der Waals surface area (Å²) in [5, 5.41) is 0. The van der Waals surface area contributed by atoms with Gasteiger partial charge >= 0.3 is 5.97 Å². The van der Waals surface area contributed by atoms with Crippen molar-refractivity contribution in [1.82, 2.24) is 0 Å². The van der Waals surface area contributed by atoms with E-state index >= 15 is 0 Å². The van der Waals surface area contributed by atoms with Crippen molar-refractivity contribution in [3.05, 3.63) is 65.2 Å². The van der Waals surface area contributed by atoms with E-state index in [0.29, 0.717) is 11.3 Å². The van der Waals surface area contributed by atoms with Crippen LogP contribution in [-0.2, 0) is 11.2 Å². The maximum Gasteiger partial charge on any atom is 0.343 e. The number of hydrogen-bond acceptors (Lipinski definition) is 3. The Morgan fingerprint density at radius 3 is 2.32 bits per heavy atom. The molecule has 0 aliphatic heterocycles. The van der Waals surface area contributed by atoms with Crippen molar-refractivity contribution >= 4 is 5.97 Å². The standard InChI is InChI=1S/C25H34O3/c1-4-6-8-11-19-27-20(3)21-15-17-23(18-16-21)25(26)28-24-14-10-9-13-22(24)12-7-5-2/h9-10,13-18,20H,4-8,11-12,19H2,1-3H3. The van der Waals surface area contributed by atoms with Gasteiger partial charge in [-0.05, 0) is 55.5 Å². The molecule has 0 aromatic heterocycles. The van der Waals surface area contributed by atoms with Gasteiger partial charge in [-0.1, -0.05) is 69.9 Å². The van der Waals surface area contributed by atoms with Crippen LogP contribution < -0.4 is 4.74 Å². The molecule has 2 rings (SSSR count). The lowest BCUT2D eigenvalue weighted by atomic mass is 10.1. The monoisotopic (exact) mass is 382 g/mol. The number of unbranched alkanes of at least 4 members (excludes halogenated alkanes) is 4. The first-order chi connectivity index (χ1) is 13.7. The molecule has 2 aromatic rings. The first-order valence-corrected chi connectivity index (χ1v) is 10.7. The molecule has 0 fully saturated rings. The van der Waals surface area contributed by atoms with Gasteiger partial charge in [0.05, 0.1) is 11.7 Å². The lowest BCUT2D eigenvalue weighted by Gasteiger charge is -2.14. The van der Waals surface area contributed by atoms with Crippen LogP contribution in [0.2, 0.25) is 0 Å². The molecule has 28 heavy (non-hydrogen) atoms. The van der Waals surface area contributed by atoms with E-state index in [-0.39, 0.29) is 12.1 Å². The molecule has 0 saturated carbocycles. The number of carbonyl (C=O) groups excluding carboxylic acids is 1. The molecule has 2 aromatic carbocycles. The van der Waals surface area contributed by atoms with Crippen molar-refractivity contribution in [2.45, 2.75) is 71.8 Å². The minimum Gasteiger partial charge on any atom is -0.423 e. The summed E-state index contributed by atoms with van der Waals surface area (Å²) in [5.41, 5.74) is 2.72. The molecule has 152 valence electrons. The van der Waals surface area contributed by atoms with Crippen LogP contribution in [0.5, 0.6) is 5.75 Å². The van der Waals surface area contributed by atoms with Crippen LogP contribution in [0, 0.1) is 0 Å². The third-order valence-electron chi connectivity index (χ3n) is 4.96. The summed E-state index contributed by atoms with van der Waals surface area (Å²) >= 11 is 0. The minimum atomic E-state index is -0.316. The number of benzene rings is 2. The Balaban J connectivity index is 1.91. The molecule has 3 nitrogen and oxygen atoms in total. The third kappa shape index (κ3) is 7.12. The van der Waals surface area contributed by atoms with Gasteiger partial charge < -0.3 is 9.47 Å². The van der Waals surface area contributed by atoms with Gasteiger partial charge in [0.25, 0.3) is 0 Å². The molecule has 0 radical (unpaired) electrons. The Morgan fingerprint density at radius 2 is 1.61 bits per heavy atom. The summed E-state index contributed by atoms with van der Waals surface area (Å²) in [7, 11) is 0. The summed E-state index contributed by atoms with van der Waals surface area (Å²) < 4.78 is 11.6. The van der Waals surface area contributed by atoms with Gasteiger partial charge in [-0.2, -0.15) is 0 Å². The number of carbonyl (C=O) groups is 1. The molecule has 0 heterocycles. The van der Waals surface area contributed by atoms with Gasteiger partial charge in [-0.15, -0.1) is 0 Å². The average molecular weight is 383 g/mol.